The van der Waals surface area contributed by atoms with Crippen LogP contribution in [0, 0.1) is 0 Å². The molecule has 0 saturated heterocycles. The summed E-state index contributed by atoms with van der Waals surface area (Å²) in [6, 6.07) is 23.5. The van der Waals surface area contributed by atoms with Crippen molar-refractivity contribution in [1.29, 1.82) is 0 Å². The van der Waals surface area contributed by atoms with Gasteiger partial charge in [0, 0.05) is 0 Å². The number of rotatable bonds is 7. The maximum absolute atomic E-state index is 6.90. The number of halogens is 4. The van der Waals surface area contributed by atoms with Crippen LogP contribution in [0.3, 0.4) is 0 Å². The van der Waals surface area contributed by atoms with Crippen molar-refractivity contribution in [2.75, 3.05) is 0 Å². The summed E-state index contributed by atoms with van der Waals surface area (Å²) in [6.07, 6.45) is 0. The molecular formula is C25H30Cl4Si3. The van der Waals surface area contributed by atoms with Gasteiger partial charge in [-0.3, -0.25) is 0 Å². The van der Waals surface area contributed by atoms with Gasteiger partial charge in [-0.2, -0.15) is 0 Å². The van der Waals surface area contributed by atoms with E-state index in [2.05, 4.69) is 93.4 Å². The van der Waals surface area contributed by atoms with E-state index in [9.17, 15) is 0 Å². The Balaban J connectivity index is 2.18. The minimum Gasteiger partial charge on any atom is -0.0828 e. The van der Waals surface area contributed by atoms with Crippen molar-refractivity contribution in [1.82, 2.24) is 0 Å². The molecule has 0 aliphatic carbocycles. The highest BCUT2D eigenvalue weighted by Gasteiger charge is 2.45. The van der Waals surface area contributed by atoms with Gasteiger partial charge in [0.15, 0.2) is 0 Å². The van der Waals surface area contributed by atoms with Crippen LogP contribution in [0.2, 0.25) is 64.2 Å². The zero-order chi connectivity index (χ0) is 23.7. The molecule has 0 aromatic heterocycles. The molecule has 0 aliphatic rings. The molecule has 170 valence electrons. The van der Waals surface area contributed by atoms with Gasteiger partial charge in [0.25, 0.3) is 0 Å². The zero-order valence-electron chi connectivity index (χ0n) is 19.3. The summed E-state index contributed by atoms with van der Waals surface area (Å²) in [4.78, 5) is 0. The molecule has 0 nitrogen and oxygen atoms in total. The van der Waals surface area contributed by atoms with Gasteiger partial charge in [-0.15, -0.1) is 0 Å². The fraction of sp³-hybridized carbons (Fsp3) is 0.280. The average Bonchev–Trinajstić information content (AvgIpc) is 2.73. The second-order valence-corrected chi connectivity index (χ2v) is 27.0. The Labute approximate surface area is 215 Å². The zero-order valence-corrected chi connectivity index (χ0v) is 25.3. The second kappa shape index (κ2) is 9.99. The van der Waals surface area contributed by atoms with E-state index in [4.69, 9.17) is 46.4 Å². The summed E-state index contributed by atoms with van der Waals surface area (Å²) in [6.45, 7) is 12.3. The Morgan fingerprint density at radius 2 is 0.906 bits per heavy atom. The molecule has 0 saturated carbocycles. The van der Waals surface area contributed by atoms with Crippen LogP contribution < -0.4 is 15.6 Å². The Hall–Kier alpha value is -0.529. The standard InChI is InChI=1S/C25H30Cl4Si3/c1-30(2,19-12-8-6-9-13-19)17-32(5,18-31(3,4)20-14-10-7-11-15-20)25-23(28)21(26)16-22(27)24(25)29/h6-16H,17-18H2,1-5H3. The summed E-state index contributed by atoms with van der Waals surface area (Å²) in [5.41, 5.74) is 2.26. The SMILES string of the molecule is C[Si](C)(C[Si](C)(C[Si](C)(C)c1ccccc1)c1c(Cl)c(Cl)cc(Cl)c1Cl)c1ccccc1. The van der Waals surface area contributed by atoms with Crippen LogP contribution in [0.5, 0.6) is 0 Å². The highest BCUT2D eigenvalue weighted by Crippen LogP contribution is 2.38. The molecule has 0 N–H and O–H groups in total. The molecule has 0 radical (unpaired) electrons. The van der Waals surface area contributed by atoms with Crippen LogP contribution in [-0.2, 0) is 0 Å². The Bertz CT molecular complexity index is 1000. The Kier molecular flexibility index (Phi) is 8.14. The largest absolute Gasteiger partial charge is 0.0832 e. The van der Waals surface area contributed by atoms with E-state index in [0.29, 0.717) is 20.1 Å². The lowest BCUT2D eigenvalue weighted by Crippen LogP contribution is -2.61. The van der Waals surface area contributed by atoms with Crippen LogP contribution in [-0.4, -0.2) is 24.2 Å². The van der Waals surface area contributed by atoms with Crippen LogP contribution in [0.15, 0.2) is 66.7 Å². The Morgan fingerprint density at radius 1 is 0.562 bits per heavy atom. The number of hydrogen-bond acceptors (Lipinski definition) is 0. The van der Waals surface area contributed by atoms with Crippen molar-refractivity contribution < 1.29 is 0 Å². The summed E-state index contributed by atoms with van der Waals surface area (Å²) >= 11 is 26.9. The van der Waals surface area contributed by atoms with Crippen molar-refractivity contribution in [2.24, 2.45) is 0 Å². The van der Waals surface area contributed by atoms with Crippen LogP contribution in [0.1, 0.15) is 0 Å². The predicted molar refractivity (Wildman–Crippen MR) is 154 cm³/mol. The van der Waals surface area contributed by atoms with Crippen molar-refractivity contribution in [2.45, 2.75) is 44.1 Å². The van der Waals surface area contributed by atoms with Crippen LogP contribution >= 0.6 is 46.4 Å². The molecule has 0 atom stereocenters. The molecule has 3 aromatic rings. The van der Waals surface area contributed by atoms with Crippen molar-refractivity contribution >= 4 is 86.2 Å². The first-order valence-corrected chi connectivity index (χ1v) is 21.7. The van der Waals surface area contributed by atoms with Gasteiger partial charge in [0.1, 0.15) is 0 Å². The normalized spacial score (nSPS) is 12.8. The quantitative estimate of drug-likeness (QED) is 0.205. The molecule has 0 spiro atoms. The summed E-state index contributed by atoms with van der Waals surface area (Å²) < 4.78 is 0. The van der Waals surface area contributed by atoms with Crippen LogP contribution in [0.25, 0.3) is 0 Å². The van der Waals surface area contributed by atoms with Gasteiger partial charge < -0.3 is 0 Å². The van der Waals surface area contributed by atoms with E-state index in [1.54, 1.807) is 6.07 Å². The molecule has 3 aromatic carbocycles. The third-order valence-electron chi connectivity index (χ3n) is 6.49. The highest BCUT2D eigenvalue weighted by atomic mass is 35.5. The smallest absolute Gasteiger partial charge is 0.0828 e. The summed E-state index contributed by atoms with van der Waals surface area (Å²) in [7, 11) is -5.82. The number of benzene rings is 3. The minimum atomic E-state index is -2.22. The van der Waals surface area contributed by atoms with E-state index < -0.39 is 24.2 Å². The Morgan fingerprint density at radius 3 is 1.25 bits per heavy atom. The fourth-order valence-corrected chi connectivity index (χ4v) is 31.4. The monoisotopic (exact) mass is 554 g/mol. The molecule has 3 rings (SSSR count). The molecule has 0 unspecified atom stereocenters. The highest BCUT2D eigenvalue weighted by molar-refractivity contribution is 7.14. The van der Waals surface area contributed by atoms with E-state index in [-0.39, 0.29) is 0 Å². The lowest BCUT2D eigenvalue weighted by atomic mass is 10.3. The van der Waals surface area contributed by atoms with Gasteiger partial charge >= 0.3 is 0 Å². The van der Waals surface area contributed by atoms with Gasteiger partial charge in [-0.05, 0) is 11.3 Å². The topological polar surface area (TPSA) is 0 Å². The maximum Gasteiger partial charge on any atom is 0.0832 e. The third-order valence-corrected chi connectivity index (χ3v) is 27.2. The predicted octanol–water partition coefficient (Wildman–Crippen LogP) is 7.90. The summed E-state index contributed by atoms with van der Waals surface area (Å²) in [5.74, 6) is 0. The fourth-order valence-electron chi connectivity index (χ4n) is 5.28. The first-order valence-electron chi connectivity index (χ1n) is 10.8. The van der Waals surface area contributed by atoms with Gasteiger partial charge in [0.2, 0.25) is 0 Å². The molecule has 32 heavy (non-hydrogen) atoms. The molecule has 7 heteroatoms. The lowest BCUT2D eigenvalue weighted by Gasteiger charge is -2.41. The average molecular weight is 557 g/mol. The van der Waals surface area contributed by atoms with Crippen molar-refractivity contribution in [3.8, 4) is 0 Å². The van der Waals surface area contributed by atoms with E-state index in [1.165, 1.54) is 10.4 Å². The molecule has 0 amide bonds. The molecule has 0 heterocycles. The van der Waals surface area contributed by atoms with E-state index >= 15 is 0 Å². The van der Waals surface area contributed by atoms with Gasteiger partial charge in [0.05, 0.1) is 44.3 Å². The van der Waals surface area contributed by atoms with Crippen LogP contribution in [0.4, 0.5) is 0 Å². The first-order chi connectivity index (χ1) is 14.9. The van der Waals surface area contributed by atoms with E-state index in [1.807, 2.05) is 0 Å². The second-order valence-electron chi connectivity index (χ2n) is 10.3. The van der Waals surface area contributed by atoms with E-state index in [0.717, 1.165) is 16.5 Å². The van der Waals surface area contributed by atoms with Crippen molar-refractivity contribution in [3.05, 3.63) is 86.8 Å². The van der Waals surface area contributed by atoms with Gasteiger partial charge in [-0.1, -0.05) is 162 Å². The summed E-state index contributed by atoms with van der Waals surface area (Å²) in [5, 5.41) is 6.11. The minimum absolute atomic E-state index is 0.494. The first kappa shape index (κ1) is 26.1. The molecular weight excluding hydrogens is 526 g/mol. The maximum atomic E-state index is 6.90. The van der Waals surface area contributed by atoms with Gasteiger partial charge in [-0.25, -0.2) is 0 Å². The third kappa shape index (κ3) is 5.57. The number of hydrogen-bond donors (Lipinski definition) is 0. The molecule has 0 bridgehead atoms. The lowest BCUT2D eigenvalue weighted by molar-refractivity contribution is 1.48. The molecule has 0 aliphatic heterocycles. The molecule has 0 fully saturated rings. The van der Waals surface area contributed by atoms with Crippen molar-refractivity contribution in [3.63, 3.8) is 0 Å².